The molecular weight excluding hydrogens is 214 g/mol. The van der Waals surface area contributed by atoms with Crippen LogP contribution in [0.3, 0.4) is 0 Å². The van der Waals surface area contributed by atoms with Crippen LogP contribution < -0.4 is 0 Å². The van der Waals surface area contributed by atoms with Crippen molar-refractivity contribution in [2.75, 3.05) is 0 Å². The number of benzene rings is 1. The van der Waals surface area contributed by atoms with E-state index in [1.165, 1.54) is 0 Å². The van der Waals surface area contributed by atoms with Gasteiger partial charge in [0.15, 0.2) is 0 Å². The van der Waals surface area contributed by atoms with Crippen molar-refractivity contribution in [3.8, 4) is 0 Å². The standard InChI is InChI=1S/C14H17NO2/c1-4-11-13(9(2)3)8-10-6-5-7-12(10)14(11)15(16)17/h8H,2,4-7H2,1,3H3. The topological polar surface area (TPSA) is 43.1 Å². The summed E-state index contributed by atoms with van der Waals surface area (Å²) in [6.07, 6.45) is 3.51. The third kappa shape index (κ3) is 1.86. The summed E-state index contributed by atoms with van der Waals surface area (Å²) in [6.45, 7) is 7.82. The highest BCUT2D eigenvalue weighted by molar-refractivity contribution is 5.72. The van der Waals surface area contributed by atoms with Gasteiger partial charge in [-0.3, -0.25) is 10.1 Å². The Morgan fingerprint density at radius 3 is 2.76 bits per heavy atom. The number of nitrogens with zero attached hydrogens (tertiary/aromatic N) is 1. The number of hydrogen-bond donors (Lipinski definition) is 0. The van der Waals surface area contributed by atoms with Gasteiger partial charge in [0, 0.05) is 11.1 Å². The summed E-state index contributed by atoms with van der Waals surface area (Å²) < 4.78 is 0. The van der Waals surface area contributed by atoms with Gasteiger partial charge in [-0.25, -0.2) is 0 Å². The summed E-state index contributed by atoms with van der Waals surface area (Å²) in [5.41, 5.74) is 5.19. The summed E-state index contributed by atoms with van der Waals surface area (Å²) in [6, 6.07) is 2.11. The minimum Gasteiger partial charge on any atom is -0.258 e. The van der Waals surface area contributed by atoms with Gasteiger partial charge >= 0.3 is 0 Å². The largest absolute Gasteiger partial charge is 0.276 e. The van der Waals surface area contributed by atoms with Crippen molar-refractivity contribution in [2.24, 2.45) is 0 Å². The maximum Gasteiger partial charge on any atom is 0.276 e. The van der Waals surface area contributed by atoms with E-state index in [2.05, 4.69) is 12.6 Å². The van der Waals surface area contributed by atoms with Crippen LogP contribution in [0.5, 0.6) is 0 Å². The van der Waals surface area contributed by atoms with E-state index >= 15 is 0 Å². The van der Waals surface area contributed by atoms with Crippen LogP contribution in [0.25, 0.3) is 5.57 Å². The van der Waals surface area contributed by atoms with Crippen LogP contribution in [-0.2, 0) is 19.3 Å². The first-order valence-electron chi connectivity index (χ1n) is 6.04. The first kappa shape index (κ1) is 11.8. The maximum atomic E-state index is 11.3. The van der Waals surface area contributed by atoms with Crippen LogP contribution in [0.2, 0.25) is 0 Å². The predicted molar refractivity (Wildman–Crippen MR) is 69.2 cm³/mol. The fourth-order valence-electron chi connectivity index (χ4n) is 2.73. The van der Waals surface area contributed by atoms with Crippen molar-refractivity contribution in [3.05, 3.63) is 45.0 Å². The van der Waals surface area contributed by atoms with Gasteiger partial charge in [0.2, 0.25) is 0 Å². The molecule has 0 N–H and O–H groups in total. The second-order valence-corrected chi connectivity index (χ2v) is 4.63. The minimum absolute atomic E-state index is 0.213. The van der Waals surface area contributed by atoms with E-state index in [0.29, 0.717) is 12.1 Å². The second-order valence-electron chi connectivity index (χ2n) is 4.63. The molecule has 0 amide bonds. The van der Waals surface area contributed by atoms with E-state index < -0.39 is 0 Å². The molecule has 3 heteroatoms. The van der Waals surface area contributed by atoms with Crippen LogP contribution in [0.4, 0.5) is 5.69 Å². The van der Waals surface area contributed by atoms with E-state index in [1.54, 1.807) is 0 Å². The minimum atomic E-state index is -0.213. The van der Waals surface area contributed by atoms with Gasteiger partial charge in [-0.05, 0) is 43.7 Å². The molecular formula is C14H17NO2. The molecule has 0 unspecified atom stereocenters. The van der Waals surface area contributed by atoms with Gasteiger partial charge in [-0.2, -0.15) is 0 Å². The number of rotatable bonds is 3. The number of aryl methyl sites for hydroxylation is 1. The summed E-state index contributed by atoms with van der Waals surface area (Å²) in [5, 5.41) is 11.3. The Bertz CT molecular complexity index is 503. The Labute approximate surface area is 101 Å². The molecule has 90 valence electrons. The Hall–Kier alpha value is -1.64. The fourth-order valence-corrected chi connectivity index (χ4v) is 2.73. The zero-order valence-electron chi connectivity index (χ0n) is 10.4. The molecule has 0 heterocycles. The Kier molecular flexibility index (Phi) is 3.01. The van der Waals surface area contributed by atoms with Crippen molar-refractivity contribution in [3.63, 3.8) is 0 Å². The molecule has 0 radical (unpaired) electrons. The van der Waals surface area contributed by atoms with E-state index in [1.807, 2.05) is 13.8 Å². The summed E-state index contributed by atoms with van der Waals surface area (Å²) >= 11 is 0. The molecule has 1 aromatic rings. The molecule has 0 saturated heterocycles. The van der Waals surface area contributed by atoms with Gasteiger partial charge < -0.3 is 0 Å². The van der Waals surface area contributed by atoms with Crippen LogP contribution in [0.1, 0.15) is 42.5 Å². The molecule has 1 aliphatic carbocycles. The van der Waals surface area contributed by atoms with Gasteiger partial charge in [0.05, 0.1) is 4.92 Å². The highest BCUT2D eigenvalue weighted by Crippen LogP contribution is 2.38. The number of allylic oxidation sites excluding steroid dienone is 1. The number of nitro benzene ring substituents is 1. The lowest BCUT2D eigenvalue weighted by atomic mass is 9.92. The van der Waals surface area contributed by atoms with Crippen LogP contribution in [-0.4, -0.2) is 4.92 Å². The second kappa shape index (κ2) is 4.32. The third-order valence-electron chi connectivity index (χ3n) is 3.47. The lowest BCUT2D eigenvalue weighted by molar-refractivity contribution is -0.386. The molecule has 17 heavy (non-hydrogen) atoms. The molecule has 0 fully saturated rings. The van der Waals surface area contributed by atoms with Crippen molar-refractivity contribution in [2.45, 2.75) is 39.5 Å². The first-order valence-corrected chi connectivity index (χ1v) is 6.04. The summed E-state index contributed by atoms with van der Waals surface area (Å²) in [4.78, 5) is 11.1. The van der Waals surface area contributed by atoms with Crippen molar-refractivity contribution < 1.29 is 4.92 Å². The number of hydrogen-bond acceptors (Lipinski definition) is 2. The average molecular weight is 231 g/mol. The summed E-state index contributed by atoms with van der Waals surface area (Å²) in [7, 11) is 0. The predicted octanol–water partition coefficient (Wildman–Crippen LogP) is 3.68. The third-order valence-corrected chi connectivity index (χ3v) is 3.47. The normalized spacial score (nSPS) is 13.5. The van der Waals surface area contributed by atoms with Crippen molar-refractivity contribution in [1.29, 1.82) is 0 Å². The monoisotopic (exact) mass is 231 g/mol. The van der Waals surface area contributed by atoms with E-state index in [-0.39, 0.29) is 4.92 Å². The van der Waals surface area contributed by atoms with Crippen molar-refractivity contribution >= 4 is 11.3 Å². The zero-order chi connectivity index (χ0) is 12.6. The van der Waals surface area contributed by atoms with Gasteiger partial charge in [-0.15, -0.1) is 0 Å². The fraction of sp³-hybridized carbons (Fsp3) is 0.429. The highest BCUT2D eigenvalue weighted by Gasteiger charge is 2.27. The molecule has 0 bridgehead atoms. The lowest BCUT2D eigenvalue weighted by Crippen LogP contribution is -2.03. The van der Waals surface area contributed by atoms with Gasteiger partial charge in [0.1, 0.15) is 0 Å². The number of nitro groups is 1. The van der Waals surface area contributed by atoms with E-state index in [0.717, 1.165) is 47.1 Å². The highest BCUT2D eigenvalue weighted by atomic mass is 16.6. The smallest absolute Gasteiger partial charge is 0.258 e. The maximum absolute atomic E-state index is 11.3. The molecule has 2 rings (SSSR count). The molecule has 1 aliphatic rings. The average Bonchev–Trinajstić information content (AvgIpc) is 2.73. The van der Waals surface area contributed by atoms with Gasteiger partial charge in [-0.1, -0.05) is 25.1 Å². The van der Waals surface area contributed by atoms with E-state index in [9.17, 15) is 10.1 Å². The Morgan fingerprint density at radius 2 is 2.24 bits per heavy atom. The summed E-state index contributed by atoms with van der Waals surface area (Å²) in [5.74, 6) is 0. The van der Waals surface area contributed by atoms with Crippen molar-refractivity contribution in [1.82, 2.24) is 0 Å². The molecule has 0 atom stereocenters. The molecule has 0 spiro atoms. The zero-order valence-corrected chi connectivity index (χ0v) is 10.4. The quantitative estimate of drug-likeness (QED) is 0.588. The number of fused-ring (bicyclic) bond motifs is 1. The van der Waals surface area contributed by atoms with E-state index in [4.69, 9.17) is 0 Å². The molecule has 3 nitrogen and oxygen atoms in total. The Balaban J connectivity index is 2.77. The lowest BCUT2D eigenvalue weighted by Gasteiger charge is -2.12. The van der Waals surface area contributed by atoms with Crippen LogP contribution in [0, 0.1) is 10.1 Å². The first-order chi connectivity index (χ1) is 8.06. The van der Waals surface area contributed by atoms with Crippen LogP contribution in [0.15, 0.2) is 12.6 Å². The molecule has 0 aliphatic heterocycles. The Morgan fingerprint density at radius 1 is 1.53 bits per heavy atom. The molecule has 0 saturated carbocycles. The van der Waals surface area contributed by atoms with Gasteiger partial charge in [0.25, 0.3) is 5.69 Å². The molecule has 1 aromatic carbocycles. The SMILES string of the molecule is C=C(C)c1cc2c(c([N+](=O)[O-])c1CC)CCC2. The van der Waals surface area contributed by atoms with Crippen LogP contribution >= 0.6 is 0 Å². The molecule has 0 aromatic heterocycles.